The van der Waals surface area contributed by atoms with E-state index in [1.54, 1.807) is 34.8 Å². The van der Waals surface area contributed by atoms with Gasteiger partial charge in [0.25, 0.3) is 0 Å². The van der Waals surface area contributed by atoms with Crippen molar-refractivity contribution in [2.45, 2.75) is 185 Å². The summed E-state index contributed by atoms with van der Waals surface area (Å²) in [6.07, 6.45) is -6.60. The highest BCUT2D eigenvalue weighted by Crippen LogP contribution is 2.42. The first-order valence-electron chi connectivity index (χ1n) is 19.1. The van der Waals surface area contributed by atoms with Gasteiger partial charge in [-0.2, -0.15) is 0 Å². The summed E-state index contributed by atoms with van der Waals surface area (Å²) < 4.78 is 50.9. The van der Waals surface area contributed by atoms with Gasteiger partial charge in [0.15, 0.2) is 24.6 Å². The molecular formula is C38H68N2O12. The normalized spacial score (nSPS) is 49.5. The first kappa shape index (κ1) is 43.3. The van der Waals surface area contributed by atoms with Crippen LogP contribution < -0.4 is 0 Å². The maximum Gasteiger partial charge on any atom is 0.311 e. The van der Waals surface area contributed by atoms with Crippen LogP contribution in [-0.2, 0) is 42.7 Å². The SMILES string of the molecule is CC[C@H]1OC(=O)[C@H](C)[C@@H](O[C@H]2C[C@@](C)(OC)[C@@H](O)[C@H](C)O2)[C@H](C)[C@@H](O[C@@H]2O[C@H](C)C[C@H](N(C)C)[C@H]2O)[C@](C)(OC)C[C@@H](C)C2=N[C@H](C)[C@@H](O2)[C@]1(C)O. The van der Waals surface area contributed by atoms with Gasteiger partial charge in [0, 0.05) is 38.5 Å². The van der Waals surface area contributed by atoms with Gasteiger partial charge in [-0.25, -0.2) is 4.99 Å². The van der Waals surface area contributed by atoms with Gasteiger partial charge in [-0.3, -0.25) is 4.79 Å². The Bertz CT molecular complexity index is 1240. The summed E-state index contributed by atoms with van der Waals surface area (Å²) in [6.45, 7) is 18.4. The Hall–Kier alpha value is -1.46. The summed E-state index contributed by atoms with van der Waals surface area (Å²) in [7, 11) is 6.97. The second-order valence-electron chi connectivity index (χ2n) is 16.7. The zero-order valence-corrected chi connectivity index (χ0v) is 33.9. The lowest BCUT2D eigenvalue weighted by Gasteiger charge is -2.49. The molecule has 4 heterocycles. The van der Waals surface area contributed by atoms with E-state index in [1.807, 2.05) is 60.5 Å². The van der Waals surface area contributed by atoms with Gasteiger partial charge in [-0.15, -0.1) is 0 Å². The summed E-state index contributed by atoms with van der Waals surface area (Å²) in [4.78, 5) is 21.1. The molecule has 4 rings (SSSR count). The number of esters is 1. The number of ether oxygens (including phenoxy) is 8. The molecule has 0 aromatic heterocycles. The standard InChI is InChI=1S/C38H68N2O12/c1-15-26-38(10,44)32-23(6)39-33(51-32)19(2)17-37(9,46-14)31(52-35-28(41)25(40(11)12)16-20(3)47-35)21(4)29(22(5)34(43)49-26)50-27-18-36(8,45-13)30(42)24(7)48-27/h19-32,35,41-42,44H,15-18H2,1-14H3/t19-,20-,21+,22-,23-,24+,25+,26-,27+,28-,29+,30+,31-,32-,35+,36-,37-,38-/m1/s1. The molecule has 3 N–H and O–H groups in total. The second kappa shape index (κ2) is 16.7. The van der Waals surface area contributed by atoms with Crippen LogP contribution >= 0.6 is 0 Å². The van der Waals surface area contributed by atoms with Crippen molar-refractivity contribution in [2.75, 3.05) is 28.3 Å². The molecule has 0 aliphatic carbocycles. The van der Waals surface area contributed by atoms with Gasteiger partial charge in [-0.05, 0) is 81.8 Å². The zero-order valence-electron chi connectivity index (χ0n) is 33.9. The van der Waals surface area contributed by atoms with E-state index in [9.17, 15) is 20.1 Å². The zero-order chi connectivity index (χ0) is 39.1. The van der Waals surface area contributed by atoms with E-state index in [0.29, 0.717) is 25.2 Å². The minimum atomic E-state index is -1.57. The van der Waals surface area contributed by atoms with Crippen LogP contribution in [0.1, 0.15) is 94.9 Å². The molecule has 52 heavy (non-hydrogen) atoms. The Labute approximate surface area is 310 Å². The number of likely N-dealkylation sites (N-methyl/N-ethyl adjacent to an activating group) is 1. The average molecular weight is 745 g/mol. The Balaban J connectivity index is 1.85. The number of hydrogen-bond acceptors (Lipinski definition) is 14. The molecule has 302 valence electrons. The number of rotatable bonds is 8. The highest BCUT2D eigenvalue weighted by Gasteiger charge is 2.55. The third-order valence-electron chi connectivity index (χ3n) is 12.3. The van der Waals surface area contributed by atoms with Gasteiger partial charge in [-0.1, -0.05) is 20.8 Å². The molecule has 0 unspecified atom stereocenters. The third-order valence-corrected chi connectivity index (χ3v) is 12.3. The molecule has 0 aromatic rings. The van der Waals surface area contributed by atoms with Crippen molar-refractivity contribution in [1.29, 1.82) is 0 Å². The average Bonchev–Trinajstić information content (AvgIpc) is 3.49. The van der Waals surface area contributed by atoms with Crippen molar-refractivity contribution in [3.8, 4) is 0 Å². The molecule has 0 amide bonds. The molecule has 3 fully saturated rings. The number of carbonyl (C=O) groups is 1. The van der Waals surface area contributed by atoms with Gasteiger partial charge >= 0.3 is 5.97 Å². The first-order valence-corrected chi connectivity index (χ1v) is 19.1. The quantitative estimate of drug-likeness (QED) is 0.311. The number of methoxy groups -OCH3 is 2. The van der Waals surface area contributed by atoms with Crippen LogP contribution in [0, 0.1) is 17.8 Å². The van der Waals surface area contributed by atoms with Gasteiger partial charge in [0.05, 0.1) is 47.6 Å². The number of cyclic esters (lactones) is 1. The van der Waals surface area contributed by atoms with Crippen LogP contribution in [0.2, 0.25) is 0 Å². The molecule has 3 saturated heterocycles. The summed E-state index contributed by atoms with van der Waals surface area (Å²) in [5.74, 6) is -1.94. The highest BCUT2D eigenvalue weighted by molar-refractivity contribution is 5.80. The van der Waals surface area contributed by atoms with E-state index in [2.05, 4.69) is 0 Å². The first-order chi connectivity index (χ1) is 24.1. The Morgan fingerprint density at radius 1 is 0.923 bits per heavy atom. The maximum atomic E-state index is 14.3. The predicted octanol–water partition coefficient (Wildman–Crippen LogP) is 3.06. The Kier molecular flexibility index (Phi) is 13.9. The van der Waals surface area contributed by atoms with Crippen molar-refractivity contribution < 1.29 is 58.0 Å². The number of aliphatic hydroxyl groups is 3. The van der Waals surface area contributed by atoms with E-state index in [4.69, 9.17) is 42.9 Å². The molecule has 0 aromatic carbocycles. The number of fused-ring (bicyclic) bond motifs is 2. The third kappa shape index (κ3) is 8.66. The van der Waals surface area contributed by atoms with Crippen molar-refractivity contribution in [3.63, 3.8) is 0 Å². The summed E-state index contributed by atoms with van der Waals surface area (Å²) in [5, 5.41) is 34.5. The number of hydrogen-bond donors (Lipinski definition) is 3. The van der Waals surface area contributed by atoms with Crippen LogP contribution in [0.15, 0.2) is 4.99 Å². The van der Waals surface area contributed by atoms with E-state index >= 15 is 0 Å². The van der Waals surface area contributed by atoms with E-state index in [-0.39, 0.29) is 24.5 Å². The van der Waals surface area contributed by atoms with E-state index in [0.717, 1.165) is 0 Å². The molecule has 0 saturated carbocycles. The molecule has 2 bridgehead atoms. The van der Waals surface area contributed by atoms with Crippen molar-refractivity contribution >= 4 is 11.9 Å². The molecule has 14 heteroatoms. The minimum absolute atomic E-state index is 0.180. The van der Waals surface area contributed by atoms with Crippen LogP contribution in [-0.4, -0.2) is 151 Å². The van der Waals surface area contributed by atoms with Crippen molar-refractivity contribution in [1.82, 2.24) is 4.90 Å². The topological polar surface area (TPSA) is 167 Å². The fourth-order valence-corrected chi connectivity index (χ4v) is 8.83. The summed E-state index contributed by atoms with van der Waals surface area (Å²) in [6, 6.07) is -0.644. The van der Waals surface area contributed by atoms with Gasteiger partial charge < -0.3 is 58.1 Å². The fourth-order valence-electron chi connectivity index (χ4n) is 8.83. The smallest absolute Gasteiger partial charge is 0.311 e. The number of nitrogens with zero attached hydrogens (tertiary/aromatic N) is 2. The second-order valence-corrected chi connectivity index (χ2v) is 16.7. The molecule has 0 spiro atoms. The molecule has 0 radical (unpaired) electrons. The summed E-state index contributed by atoms with van der Waals surface area (Å²) >= 11 is 0. The molecular weight excluding hydrogens is 676 g/mol. The largest absolute Gasteiger partial charge is 0.472 e. The van der Waals surface area contributed by atoms with Crippen LogP contribution in [0.3, 0.4) is 0 Å². The Morgan fingerprint density at radius 2 is 1.56 bits per heavy atom. The molecule has 4 aliphatic heterocycles. The van der Waals surface area contributed by atoms with Crippen molar-refractivity contribution in [2.24, 2.45) is 22.7 Å². The lowest BCUT2D eigenvalue weighted by Crippen LogP contribution is -2.61. The number of aliphatic imine (C=N–C) groups is 1. The van der Waals surface area contributed by atoms with Gasteiger partial charge in [0.1, 0.15) is 23.9 Å². The van der Waals surface area contributed by atoms with E-state index < -0.39 is 96.0 Å². The minimum Gasteiger partial charge on any atom is -0.472 e. The van der Waals surface area contributed by atoms with Crippen LogP contribution in [0.4, 0.5) is 0 Å². The lowest BCUT2D eigenvalue weighted by molar-refractivity contribution is -0.319. The van der Waals surface area contributed by atoms with Crippen molar-refractivity contribution in [3.05, 3.63) is 0 Å². The maximum absolute atomic E-state index is 14.3. The van der Waals surface area contributed by atoms with E-state index in [1.165, 1.54) is 7.11 Å². The Morgan fingerprint density at radius 3 is 2.13 bits per heavy atom. The molecule has 18 atom stereocenters. The molecule has 4 aliphatic rings. The number of carbonyl (C=O) groups excluding carboxylic acids is 1. The lowest BCUT2D eigenvalue weighted by atomic mass is 9.77. The monoisotopic (exact) mass is 744 g/mol. The fraction of sp³-hybridized carbons (Fsp3) is 0.947. The predicted molar refractivity (Wildman–Crippen MR) is 193 cm³/mol. The van der Waals surface area contributed by atoms with Crippen LogP contribution in [0.25, 0.3) is 0 Å². The number of aliphatic hydroxyl groups excluding tert-OH is 2. The highest BCUT2D eigenvalue weighted by atomic mass is 16.7. The van der Waals surface area contributed by atoms with Crippen LogP contribution in [0.5, 0.6) is 0 Å². The van der Waals surface area contributed by atoms with Gasteiger partial charge in [0.2, 0.25) is 0 Å². The molecule has 14 nitrogen and oxygen atoms in total. The summed E-state index contributed by atoms with van der Waals surface area (Å²) in [5.41, 5.74) is -3.63.